The summed E-state index contributed by atoms with van der Waals surface area (Å²) >= 11 is 1.48. The smallest absolute Gasteiger partial charge is 0.251 e. The van der Waals surface area contributed by atoms with Crippen molar-refractivity contribution in [1.29, 1.82) is 0 Å². The molecule has 0 radical (unpaired) electrons. The van der Waals surface area contributed by atoms with E-state index in [1.54, 1.807) is 19.4 Å². The zero-order valence-electron chi connectivity index (χ0n) is 19.1. The van der Waals surface area contributed by atoms with E-state index in [1.165, 1.54) is 11.8 Å². The van der Waals surface area contributed by atoms with Gasteiger partial charge in [0.25, 0.3) is 5.91 Å². The summed E-state index contributed by atoms with van der Waals surface area (Å²) in [5, 5.41) is 11.8. The number of hydrogen-bond acceptors (Lipinski definition) is 6. The Balaban J connectivity index is 1.21. The fourth-order valence-corrected chi connectivity index (χ4v) is 5.47. The molecule has 9 heteroatoms. The molecule has 0 fully saturated rings. The number of fused-ring (bicyclic) bond motifs is 3. The van der Waals surface area contributed by atoms with Gasteiger partial charge >= 0.3 is 0 Å². The van der Waals surface area contributed by atoms with E-state index in [1.807, 2.05) is 47.3 Å². The molecular weight excluding hydrogens is 462 g/mol. The highest BCUT2D eigenvalue weighted by Crippen LogP contribution is 2.32. The average molecular weight is 486 g/mol. The molecule has 2 amide bonds. The number of carbonyl (C=O) groups is 2. The second kappa shape index (κ2) is 8.74. The minimum absolute atomic E-state index is 0.0157. The number of pyridine rings is 1. The molecule has 1 aliphatic carbocycles. The standard InChI is InChI=1S/C26H23N5O3S/c1-34-18-4-6-21-19(12-18)23(8-9-27-21)31-13-16-10-17(3-5-20(16)30-31)28-26(33)15-2-7-24-22(11-15)29-25(32)14-35-24/h2,4,6-9,11-13,17H,3,5,10,14H2,1H3,(H,28,33)(H,29,32). The largest absolute Gasteiger partial charge is 0.497 e. The van der Waals surface area contributed by atoms with Crippen molar-refractivity contribution in [2.75, 3.05) is 18.2 Å². The molecule has 4 aromatic rings. The van der Waals surface area contributed by atoms with Gasteiger partial charge in [-0.15, -0.1) is 11.8 Å². The summed E-state index contributed by atoms with van der Waals surface area (Å²) in [6.07, 6.45) is 6.15. The Morgan fingerprint density at radius 1 is 1.23 bits per heavy atom. The Labute approximate surface area is 206 Å². The lowest BCUT2D eigenvalue weighted by Crippen LogP contribution is -2.38. The Hall–Kier alpha value is -3.85. The average Bonchev–Trinajstić information content (AvgIpc) is 3.30. The predicted octanol–water partition coefficient (Wildman–Crippen LogP) is 3.76. The zero-order chi connectivity index (χ0) is 23.9. The van der Waals surface area contributed by atoms with Crippen LogP contribution in [0.1, 0.15) is 28.0 Å². The quantitative estimate of drug-likeness (QED) is 0.457. The van der Waals surface area contributed by atoms with Crippen LogP contribution in [0.15, 0.2) is 59.8 Å². The van der Waals surface area contributed by atoms with Crippen molar-refractivity contribution in [2.24, 2.45) is 0 Å². The number of anilines is 1. The number of aromatic nitrogens is 3. The molecule has 0 spiro atoms. The van der Waals surface area contributed by atoms with Gasteiger partial charge in [-0.25, -0.2) is 4.68 Å². The van der Waals surface area contributed by atoms with Crippen molar-refractivity contribution < 1.29 is 14.3 Å². The zero-order valence-corrected chi connectivity index (χ0v) is 19.9. The molecule has 0 saturated carbocycles. The fourth-order valence-electron chi connectivity index (χ4n) is 4.68. The highest BCUT2D eigenvalue weighted by Gasteiger charge is 2.25. The maximum atomic E-state index is 13.0. The molecular formula is C26H23N5O3S. The third-order valence-corrected chi connectivity index (χ3v) is 7.53. The third-order valence-electron chi connectivity index (χ3n) is 6.46. The lowest BCUT2D eigenvalue weighted by molar-refractivity contribution is -0.113. The molecule has 1 aliphatic heterocycles. The minimum atomic E-state index is -0.134. The number of methoxy groups -OCH3 is 1. The van der Waals surface area contributed by atoms with Crippen molar-refractivity contribution in [3.05, 3.63) is 71.7 Å². The Morgan fingerprint density at radius 2 is 2.14 bits per heavy atom. The lowest BCUT2D eigenvalue weighted by atomic mass is 9.93. The van der Waals surface area contributed by atoms with Gasteiger partial charge in [0.1, 0.15) is 5.75 Å². The van der Waals surface area contributed by atoms with E-state index in [4.69, 9.17) is 9.84 Å². The number of aryl methyl sites for hydroxylation is 1. The Morgan fingerprint density at radius 3 is 3.03 bits per heavy atom. The summed E-state index contributed by atoms with van der Waals surface area (Å²) in [7, 11) is 1.65. The van der Waals surface area contributed by atoms with Crippen LogP contribution in [0.4, 0.5) is 5.69 Å². The summed E-state index contributed by atoms with van der Waals surface area (Å²) < 4.78 is 7.30. The van der Waals surface area contributed by atoms with Gasteiger partial charge in [-0.05, 0) is 67.3 Å². The number of benzene rings is 2. The maximum Gasteiger partial charge on any atom is 0.251 e. The summed E-state index contributed by atoms with van der Waals surface area (Å²) in [6.45, 7) is 0. The van der Waals surface area contributed by atoms with E-state index in [-0.39, 0.29) is 17.9 Å². The van der Waals surface area contributed by atoms with Gasteiger partial charge in [0.15, 0.2) is 0 Å². The molecule has 0 saturated heterocycles. The molecule has 2 aromatic carbocycles. The molecule has 3 heterocycles. The highest BCUT2D eigenvalue weighted by molar-refractivity contribution is 8.00. The number of rotatable bonds is 4. The van der Waals surface area contributed by atoms with Crippen molar-refractivity contribution in [2.45, 2.75) is 30.2 Å². The van der Waals surface area contributed by atoms with Crippen LogP contribution in [0.3, 0.4) is 0 Å². The van der Waals surface area contributed by atoms with Gasteiger partial charge in [0.05, 0.1) is 35.4 Å². The van der Waals surface area contributed by atoms with Gasteiger partial charge in [0.2, 0.25) is 5.91 Å². The number of nitrogens with one attached hydrogen (secondary N) is 2. The van der Waals surface area contributed by atoms with Gasteiger partial charge < -0.3 is 15.4 Å². The molecule has 6 rings (SSSR count). The number of amides is 2. The monoisotopic (exact) mass is 485 g/mol. The molecule has 2 aliphatic rings. The van der Waals surface area contributed by atoms with Crippen LogP contribution < -0.4 is 15.4 Å². The topological polar surface area (TPSA) is 98.1 Å². The fraction of sp³-hybridized carbons (Fsp3) is 0.231. The molecule has 35 heavy (non-hydrogen) atoms. The van der Waals surface area contributed by atoms with E-state index in [2.05, 4.69) is 15.6 Å². The summed E-state index contributed by atoms with van der Waals surface area (Å²) in [6, 6.07) is 13.2. The summed E-state index contributed by atoms with van der Waals surface area (Å²) in [5.41, 5.74) is 5.25. The van der Waals surface area contributed by atoms with Crippen molar-refractivity contribution in [3.8, 4) is 11.4 Å². The third kappa shape index (κ3) is 4.12. The van der Waals surface area contributed by atoms with Crippen molar-refractivity contribution >= 4 is 40.2 Å². The SMILES string of the molecule is COc1ccc2nccc(-n3cc4c(n3)CCC(NC(=O)c3ccc5c(c3)NC(=O)CS5)C4)c2c1. The molecule has 2 aromatic heterocycles. The summed E-state index contributed by atoms with van der Waals surface area (Å²) in [5.74, 6) is 0.995. The first kappa shape index (κ1) is 21.7. The first-order valence-electron chi connectivity index (χ1n) is 11.5. The van der Waals surface area contributed by atoms with Gasteiger partial charge in [-0.1, -0.05) is 0 Å². The number of thioether (sulfide) groups is 1. The Kier molecular flexibility index (Phi) is 5.41. The molecule has 176 valence electrons. The number of nitrogens with zero attached hydrogens (tertiary/aromatic N) is 3. The number of hydrogen-bond donors (Lipinski definition) is 2. The van der Waals surface area contributed by atoms with E-state index >= 15 is 0 Å². The van der Waals surface area contributed by atoms with Crippen LogP contribution in [0.25, 0.3) is 16.6 Å². The van der Waals surface area contributed by atoms with Gasteiger partial charge in [0, 0.05) is 34.3 Å². The molecule has 1 unspecified atom stereocenters. The second-order valence-electron chi connectivity index (χ2n) is 8.72. The van der Waals surface area contributed by atoms with Crippen LogP contribution in [0.5, 0.6) is 5.75 Å². The van der Waals surface area contributed by atoms with Crippen LogP contribution in [0, 0.1) is 0 Å². The lowest BCUT2D eigenvalue weighted by Gasteiger charge is -2.23. The van der Waals surface area contributed by atoms with E-state index < -0.39 is 0 Å². The van der Waals surface area contributed by atoms with Crippen LogP contribution in [-0.4, -0.2) is 45.5 Å². The maximum absolute atomic E-state index is 13.0. The summed E-state index contributed by atoms with van der Waals surface area (Å²) in [4.78, 5) is 30.1. The second-order valence-corrected chi connectivity index (χ2v) is 9.74. The molecule has 1 atom stereocenters. The number of carbonyl (C=O) groups excluding carboxylic acids is 2. The Bertz CT molecular complexity index is 1480. The van der Waals surface area contributed by atoms with Gasteiger partial charge in [-0.3, -0.25) is 14.6 Å². The molecule has 8 nitrogen and oxygen atoms in total. The van der Waals surface area contributed by atoms with Crippen molar-refractivity contribution in [1.82, 2.24) is 20.1 Å². The van der Waals surface area contributed by atoms with Crippen LogP contribution >= 0.6 is 11.8 Å². The van der Waals surface area contributed by atoms with Gasteiger partial charge in [-0.2, -0.15) is 5.10 Å². The number of ether oxygens (including phenoxy) is 1. The van der Waals surface area contributed by atoms with Crippen LogP contribution in [0.2, 0.25) is 0 Å². The molecule has 2 N–H and O–H groups in total. The van der Waals surface area contributed by atoms with E-state index in [0.717, 1.165) is 51.3 Å². The van der Waals surface area contributed by atoms with Crippen LogP contribution in [-0.2, 0) is 17.6 Å². The van der Waals surface area contributed by atoms with Crippen molar-refractivity contribution in [3.63, 3.8) is 0 Å². The van der Waals surface area contributed by atoms with E-state index in [0.29, 0.717) is 23.4 Å². The first-order valence-corrected chi connectivity index (χ1v) is 12.4. The molecule has 0 bridgehead atoms. The highest BCUT2D eigenvalue weighted by atomic mass is 32.2. The normalized spacial score (nSPS) is 16.8. The minimum Gasteiger partial charge on any atom is -0.497 e. The first-order chi connectivity index (χ1) is 17.1. The predicted molar refractivity (Wildman–Crippen MR) is 134 cm³/mol. The van der Waals surface area contributed by atoms with E-state index in [9.17, 15) is 9.59 Å².